The van der Waals surface area contributed by atoms with E-state index >= 15 is 0 Å². The van der Waals surface area contributed by atoms with Crippen molar-refractivity contribution in [2.24, 2.45) is 5.92 Å². The number of piperidine rings is 1. The molecule has 32 heavy (non-hydrogen) atoms. The zero-order valence-electron chi connectivity index (χ0n) is 17.8. The number of hydrogen-bond donors (Lipinski definition) is 1. The van der Waals surface area contributed by atoms with Crippen molar-refractivity contribution >= 4 is 21.6 Å². The lowest BCUT2D eigenvalue weighted by Crippen LogP contribution is -2.36. The molecule has 2 aromatic rings. The molecule has 0 radical (unpaired) electrons. The maximum Gasteiger partial charge on any atom is 0.251 e. The van der Waals surface area contributed by atoms with Gasteiger partial charge in [-0.2, -0.15) is 4.31 Å². The number of carbonyl (C=O) groups is 1. The third kappa shape index (κ3) is 4.94. The first-order valence-electron chi connectivity index (χ1n) is 10.9. The molecule has 1 unspecified atom stereocenters. The van der Waals surface area contributed by atoms with E-state index in [9.17, 15) is 22.0 Å². The summed E-state index contributed by atoms with van der Waals surface area (Å²) < 4.78 is 54.5. The van der Waals surface area contributed by atoms with Crippen LogP contribution in [-0.2, 0) is 10.0 Å². The van der Waals surface area contributed by atoms with Crippen LogP contribution in [0.4, 0.5) is 14.5 Å². The molecular formula is C23H27F2N3O3S. The second-order valence-corrected chi connectivity index (χ2v) is 10.3. The van der Waals surface area contributed by atoms with E-state index in [4.69, 9.17) is 0 Å². The molecule has 9 heteroatoms. The molecule has 0 bridgehead atoms. The molecule has 0 spiro atoms. The highest BCUT2D eigenvalue weighted by Gasteiger charge is 2.30. The fourth-order valence-corrected chi connectivity index (χ4v) is 5.92. The van der Waals surface area contributed by atoms with Crippen molar-refractivity contribution in [2.75, 3.05) is 37.6 Å². The highest BCUT2D eigenvalue weighted by atomic mass is 32.2. The molecular weight excluding hydrogens is 436 g/mol. The summed E-state index contributed by atoms with van der Waals surface area (Å²) in [5, 5.41) is 2.84. The number of nitrogens with zero attached hydrogens (tertiary/aromatic N) is 2. The predicted octanol–water partition coefficient (Wildman–Crippen LogP) is 3.40. The van der Waals surface area contributed by atoms with Gasteiger partial charge in [0.1, 0.15) is 16.5 Å². The zero-order valence-corrected chi connectivity index (χ0v) is 18.6. The Morgan fingerprint density at radius 3 is 2.44 bits per heavy atom. The zero-order chi connectivity index (χ0) is 22.7. The van der Waals surface area contributed by atoms with Gasteiger partial charge in [0.05, 0.1) is 0 Å². The number of benzene rings is 2. The third-order valence-electron chi connectivity index (χ3n) is 6.16. The van der Waals surface area contributed by atoms with Gasteiger partial charge in [-0.15, -0.1) is 0 Å². The number of anilines is 1. The fraction of sp³-hybridized carbons (Fsp3) is 0.435. The van der Waals surface area contributed by atoms with Gasteiger partial charge < -0.3 is 10.2 Å². The van der Waals surface area contributed by atoms with Crippen LogP contribution in [0.5, 0.6) is 0 Å². The summed E-state index contributed by atoms with van der Waals surface area (Å²) in [7, 11) is -3.98. The number of hydrogen-bond acceptors (Lipinski definition) is 4. The van der Waals surface area contributed by atoms with E-state index in [0.717, 1.165) is 56.6 Å². The Hall–Kier alpha value is -2.52. The molecule has 0 saturated carbocycles. The number of rotatable bonds is 6. The van der Waals surface area contributed by atoms with Crippen molar-refractivity contribution in [3.05, 3.63) is 59.7 Å². The van der Waals surface area contributed by atoms with Gasteiger partial charge in [0.2, 0.25) is 10.0 Å². The van der Waals surface area contributed by atoms with E-state index in [1.165, 1.54) is 22.5 Å². The quantitative estimate of drug-likeness (QED) is 0.713. The first-order valence-corrected chi connectivity index (χ1v) is 12.4. The number of sulfonamides is 1. The van der Waals surface area contributed by atoms with Crippen LogP contribution in [0.2, 0.25) is 0 Å². The van der Waals surface area contributed by atoms with Gasteiger partial charge in [-0.1, -0.05) is 6.42 Å². The molecule has 2 heterocycles. The normalized spacial score (nSPS) is 19.8. The van der Waals surface area contributed by atoms with Gasteiger partial charge in [0.15, 0.2) is 0 Å². The molecule has 2 aromatic carbocycles. The molecule has 2 fully saturated rings. The molecule has 0 aromatic heterocycles. The topological polar surface area (TPSA) is 69.7 Å². The summed E-state index contributed by atoms with van der Waals surface area (Å²) in [6.07, 6.45) is 3.32. The minimum absolute atomic E-state index is 0.121. The van der Waals surface area contributed by atoms with Crippen LogP contribution in [0.15, 0.2) is 47.4 Å². The maximum absolute atomic E-state index is 14.4. The molecule has 6 nitrogen and oxygen atoms in total. The number of halogens is 2. The smallest absolute Gasteiger partial charge is 0.251 e. The third-order valence-corrected chi connectivity index (χ3v) is 8.07. The Bertz CT molecular complexity index is 1070. The van der Waals surface area contributed by atoms with Crippen LogP contribution in [0.3, 0.4) is 0 Å². The lowest BCUT2D eigenvalue weighted by molar-refractivity contribution is 0.0948. The van der Waals surface area contributed by atoms with E-state index in [0.29, 0.717) is 19.6 Å². The van der Waals surface area contributed by atoms with Crippen LogP contribution in [0.1, 0.15) is 36.0 Å². The first kappa shape index (κ1) is 22.7. The van der Waals surface area contributed by atoms with Crippen LogP contribution in [-0.4, -0.2) is 51.4 Å². The summed E-state index contributed by atoms with van der Waals surface area (Å²) >= 11 is 0. The van der Waals surface area contributed by atoms with Crippen molar-refractivity contribution in [2.45, 2.75) is 30.6 Å². The van der Waals surface area contributed by atoms with Crippen LogP contribution in [0, 0.1) is 17.6 Å². The van der Waals surface area contributed by atoms with Gasteiger partial charge in [-0.3, -0.25) is 4.79 Å². The lowest BCUT2D eigenvalue weighted by atomic mass is 10.1. The summed E-state index contributed by atoms with van der Waals surface area (Å²) in [5.41, 5.74) is 1.06. The Labute approximate surface area is 187 Å². The molecule has 2 aliphatic heterocycles. The average Bonchev–Trinajstić information content (AvgIpc) is 3.28. The SMILES string of the molecule is O=C(NCC1CCN(c2ccc(F)cc2)C1)c1ccc(F)c(S(=O)(=O)N2CCCCC2)c1. The second-order valence-electron chi connectivity index (χ2n) is 8.40. The van der Waals surface area contributed by atoms with Gasteiger partial charge >= 0.3 is 0 Å². The van der Waals surface area contributed by atoms with Gasteiger partial charge in [-0.05, 0) is 67.6 Å². The highest BCUT2D eigenvalue weighted by molar-refractivity contribution is 7.89. The van der Waals surface area contributed by atoms with Gasteiger partial charge in [0.25, 0.3) is 5.91 Å². The highest BCUT2D eigenvalue weighted by Crippen LogP contribution is 2.25. The molecule has 0 aliphatic carbocycles. The fourth-order valence-electron chi connectivity index (χ4n) is 4.31. The average molecular weight is 464 g/mol. The number of nitrogens with one attached hydrogen (secondary N) is 1. The van der Waals surface area contributed by atoms with E-state index in [2.05, 4.69) is 10.2 Å². The molecule has 2 aliphatic rings. The van der Waals surface area contributed by atoms with Crippen LogP contribution >= 0.6 is 0 Å². The van der Waals surface area contributed by atoms with E-state index in [1.54, 1.807) is 12.1 Å². The summed E-state index contributed by atoms with van der Waals surface area (Å²) in [6.45, 7) is 2.68. The van der Waals surface area contributed by atoms with Crippen LogP contribution < -0.4 is 10.2 Å². The maximum atomic E-state index is 14.4. The molecule has 1 N–H and O–H groups in total. The van der Waals surface area contributed by atoms with Gasteiger partial charge in [0, 0.05) is 44.0 Å². The summed E-state index contributed by atoms with van der Waals surface area (Å²) in [6, 6.07) is 9.80. The van der Waals surface area contributed by atoms with Crippen molar-refractivity contribution in [3.63, 3.8) is 0 Å². The second kappa shape index (κ2) is 9.54. The van der Waals surface area contributed by atoms with Crippen LogP contribution in [0.25, 0.3) is 0 Å². The molecule has 1 amide bonds. The van der Waals surface area contributed by atoms with E-state index in [-0.39, 0.29) is 17.3 Å². The van der Waals surface area contributed by atoms with Gasteiger partial charge in [-0.25, -0.2) is 17.2 Å². The van der Waals surface area contributed by atoms with Crippen molar-refractivity contribution in [3.8, 4) is 0 Å². The van der Waals surface area contributed by atoms with Crippen molar-refractivity contribution < 1.29 is 22.0 Å². The molecule has 4 rings (SSSR count). The number of amides is 1. The lowest BCUT2D eigenvalue weighted by Gasteiger charge is -2.26. The molecule has 2 saturated heterocycles. The largest absolute Gasteiger partial charge is 0.371 e. The Kier molecular flexibility index (Phi) is 6.76. The molecule has 172 valence electrons. The standard InChI is InChI=1S/C23H27F2N3O3S/c24-19-5-7-20(8-6-19)27-13-10-17(16-27)15-26-23(29)18-4-9-21(25)22(14-18)32(30,31)28-11-2-1-3-12-28/h4-9,14,17H,1-3,10-13,15-16H2,(H,26,29). The number of carbonyl (C=O) groups excluding carboxylic acids is 1. The molecule has 1 atom stereocenters. The summed E-state index contributed by atoms with van der Waals surface area (Å²) in [4.78, 5) is 14.3. The predicted molar refractivity (Wildman–Crippen MR) is 118 cm³/mol. The first-order chi connectivity index (χ1) is 15.3. The summed E-state index contributed by atoms with van der Waals surface area (Å²) in [5.74, 6) is -1.35. The van der Waals surface area contributed by atoms with E-state index in [1.807, 2.05) is 0 Å². The minimum Gasteiger partial charge on any atom is -0.371 e. The monoisotopic (exact) mass is 463 g/mol. The van der Waals surface area contributed by atoms with Crippen molar-refractivity contribution in [1.29, 1.82) is 0 Å². The Balaban J connectivity index is 1.39. The van der Waals surface area contributed by atoms with Crippen molar-refractivity contribution in [1.82, 2.24) is 9.62 Å². The van der Waals surface area contributed by atoms with E-state index < -0.39 is 26.6 Å². The Morgan fingerprint density at radius 1 is 1.00 bits per heavy atom. The minimum atomic E-state index is -3.98. The Morgan fingerprint density at radius 2 is 1.72 bits per heavy atom.